The molecule has 0 radical (unpaired) electrons. The maximum absolute atomic E-state index is 12.2. The quantitative estimate of drug-likeness (QED) is 0.263. The summed E-state index contributed by atoms with van der Waals surface area (Å²) >= 11 is 0. The molecule has 1 aromatic heterocycles. The van der Waals surface area contributed by atoms with Crippen molar-refractivity contribution in [2.75, 3.05) is 6.61 Å². The molecule has 1 aliphatic rings. The van der Waals surface area contributed by atoms with Crippen LogP contribution in [-0.2, 0) is 14.3 Å². The minimum Gasteiger partial charge on any atom is -0.476 e. The second-order valence-corrected chi connectivity index (χ2v) is 7.89. The molecule has 0 bridgehead atoms. The summed E-state index contributed by atoms with van der Waals surface area (Å²) in [6.07, 6.45) is -7.56. The average molecular weight is 467 g/mol. The fraction of sp³-hybridized carbons (Fsp3) is 0.476. The summed E-state index contributed by atoms with van der Waals surface area (Å²) in [5.41, 5.74) is 0.135. The standard InChI is InChI=1S/C21H25NO11/c1-9-5-16(27)31-15-6-11(3-4-12(9)15)32-21(20(29)30)7-13(25)17(22-10(2)24)19(33-21)18(28)14(26)8-23/h3-6,13-14,17-19,23,25-26,28H,7-8H2,1-2H3,(H,22,24)(H,29,30)/t13-,14+,17+,18-,19+,21+/m0/s1. The zero-order chi connectivity index (χ0) is 24.5. The summed E-state index contributed by atoms with van der Waals surface area (Å²) in [4.78, 5) is 35.5. The van der Waals surface area contributed by atoms with Gasteiger partial charge in [0, 0.05) is 24.4 Å². The van der Waals surface area contributed by atoms with Gasteiger partial charge >= 0.3 is 17.4 Å². The van der Waals surface area contributed by atoms with Crippen molar-refractivity contribution in [3.05, 3.63) is 40.2 Å². The number of aryl methyl sites for hydroxylation is 1. The number of carboxylic acids is 1. The fourth-order valence-electron chi connectivity index (χ4n) is 3.79. The van der Waals surface area contributed by atoms with E-state index in [2.05, 4.69) is 5.32 Å². The Hall–Kier alpha value is -3.03. The van der Waals surface area contributed by atoms with Crippen molar-refractivity contribution in [2.24, 2.45) is 0 Å². The zero-order valence-corrected chi connectivity index (χ0v) is 17.8. The van der Waals surface area contributed by atoms with Crippen LogP contribution in [0.25, 0.3) is 11.0 Å². The first-order chi connectivity index (χ1) is 15.5. The number of ether oxygens (including phenoxy) is 2. The molecule has 2 aromatic rings. The van der Waals surface area contributed by atoms with Gasteiger partial charge in [-0.05, 0) is 24.6 Å². The van der Waals surface area contributed by atoms with E-state index >= 15 is 0 Å². The minimum absolute atomic E-state index is 0.0835. The molecule has 6 N–H and O–H groups in total. The number of amides is 1. The monoisotopic (exact) mass is 467 g/mol. The van der Waals surface area contributed by atoms with Crippen LogP contribution in [0, 0.1) is 6.92 Å². The van der Waals surface area contributed by atoms with Gasteiger partial charge in [-0.2, -0.15) is 0 Å². The molecule has 33 heavy (non-hydrogen) atoms. The lowest BCUT2D eigenvalue weighted by atomic mass is 9.88. The third-order valence-corrected chi connectivity index (χ3v) is 5.39. The maximum atomic E-state index is 12.2. The molecule has 1 aromatic carbocycles. The highest BCUT2D eigenvalue weighted by Gasteiger charge is 2.56. The molecule has 0 aliphatic carbocycles. The van der Waals surface area contributed by atoms with Crippen molar-refractivity contribution in [2.45, 2.75) is 56.5 Å². The van der Waals surface area contributed by atoms with Crippen LogP contribution >= 0.6 is 0 Å². The van der Waals surface area contributed by atoms with Crippen LogP contribution < -0.4 is 15.7 Å². The first-order valence-corrected chi connectivity index (χ1v) is 10.0. The number of carbonyl (C=O) groups excluding carboxylic acids is 1. The summed E-state index contributed by atoms with van der Waals surface area (Å²) < 4.78 is 16.3. The van der Waals surface area contributed by atoms with Crippen LogP contribution in [0.3, 0.4) is 0 Å². The fourth-order valence-corrected chi connectivity index (χ4v) is 3.79. The molecule has 12 heteroatoms. The third-order valence-electron chi connectivity index (χ3n) is 5.39. The lowest BCUT2D eigenvalue weighted by Gasteiger charge is -2.46. The Labute approximate surface area is 187 Å². The van der Waals surface area contributed by atoms with Crippen LogP contribution in [-0.4, -0.2) is 80.3 Å². The van der Waals surface area contributed by atoms with E-state index in [9.17, 15) is 39.9 Å². The molecule has 0 spiro atoms. The van der Waals surface area contributed by atoms with Crippen LogP contribution in [0.4, 0.5) is 0 Å². The summed E-state index contributed by atoms with van der Waals surface area (Å²) in [7, 11) is 0. The van der Waals surface area contributed by atoms with Crippen molar-refractivity contribution in [1.82, 2.24) is 5.32 Å². The van der Waals surface area contributed by atoms with Crippen molar-refractivity contribution in [3.63, 3.8) is 0 Å². The van der Waals surface area contributed by atoms with Gasteiger partial charge in [0.15, 0.2) is 0 Å². The Morgan fingerprint density at radius 2 is 2.00 bits per heavy atom. The topological polar surface area (TPSA) is 196 Å². The summed E-state index contributed by atoms with van der Waals surface area (Å²) in [5.74, 6) is -4.90. The Morgan fingerprint density at radius 1 is 1.30 bits per heavy atom. The molecule has 2 heterocycles. The smallest absolute Gasteiger partial charge is 0.377 e. The van der Waals surface area contributed by atoms with Gasteiger partial charge in [0.05, 0.1) is 25.2 Å². The van der Waals surface area contributed by atoms with E-state index in [1.807, 2.05) is 0 Å². The number of aliphatic hydroxyl groups is 4. The van der Waals surface area contributed by atoms with Gasteiger partial charge in [0.1, 0.15) is 29.6 Å². The Kier molecular flexibility index (Phi) is 7.05. The molecule has 3 rings (SSSR count). The highest BCUT2D eigenvalue weighted by atomic mass is 16.7. The van der Waals surface area contributed by atoms with Crippen molar-refractivity contribution >= 4 is 22.8 Å². The molecule has 1 aliphatic heterocycles. The van der Waals surface area contributed by atoms with Gasteiger partial charge in [-0.3, -0.25) is 4.79 Å². The van der Waals surface area contributed by atoms with E-state index in [1.165, 1.54) is 18.2 Å². The third kappa shape index (κ3) is 4.99. The summed E-state index contributed by atoms with van der Waals surface area (Å²) in [6, 6.07) is 4.21. The lowest BCUT2D eigenvalue weighted by Crippen LogP contribution is -2.68. The number of nitrogens with one attached hydrogen (secondary N) is 1. The number of carbonyl (C=O) groups is 2. The van der Waals surface area contributed by atoms with Crippen LogP contribution in [0.2, 0.25) is 0 Å². The maximum Gasteiger partial charge on any atom is 0.377 e. The number of carboxylic acid groups (broad SMARTS) is 1. The van der Waals surface area contributed by atoms with Crippen LogP contribution in [0.15, 0.2) is 33.5 Å². The first-order valence-electron chi connectivity index (χ1n) is 10.0. The van der Waals surface area contributed by atoms with Gasteiger partial charge < -0.3 is 44.7 Å². The average Bonchev–Trinajstić information content (AvgIpc) is 2.73. The lowest BCUT2D eigenvalue weighted by molar-refractivity contribution is -0.284. The summed E-state index contributed by atoms with van der Waals surface area (Å²) in [5, 5.41) is 53.0. The van der Waals surface area contributed by atoms with E-state index < -0.39 is 66.8 Å². The Bertz CT molecular complexity index is 1100. The Balaban J connectivity index is 2.01. The molecular formula is C21H25NO11. The van der Waals surface area contributed by atoms with E-state index in [1.54, 1.807) is 13.0 Å². The van der Waals surface area contributed by atoms with Crippen molar-refractivity contribution < 1.29 is 49.0 Å². The van der Waals surface area contributed by atoms with E-state index in [-0.39, 0.29) is 11.3 Å². The Morgan fingerprint density at radius 3 is 2.61 bits per heavy atom. The van der Waals surface area contributed by atoms with Crippen LogP contribution in [0.5, 0.6) is 5.75 Å². The highest BCUT2D eigenvalue weighted by molar-refractivity contribution is 5.82. The molecule has 6 atom stereocenters. The van der Waals surface area contributed by atoms with Gasteiger partial charge in [-0.15, -0.1) is 0 Å². The van der Waals surface area contributed by atoms with Crippen molar-refractivity contribution in [1.29, 1.82) is 0 Å². The number of hydrogen-bond donors (Lipinski definition) is 6. The number of benzene rings is 1. The predicted molar refractivity (Wildman–Crippen MR) is 110 cm³/mol. The largest absolute Gasteiger partial charge is 0.476 e. The SMILES string of the molecule is CC(=O)N[C@H]1[C@H]([C@@H](O)[C@H](O)CO)O[C@@](Oc2ccc3c(C)cc(=O)oc3c2)(C(=O)O)C[C@@H]1O. The van der Waals surface area contributed by atoms with Gasteiger partial charge in [-0.1, -0.05) is 0 Å². The van der Waals surface area contributed by atoms with Crippen molar-refractivity contribution in [3.8, 4) is 5.75 Å². The van der Waals surface area contributed by atoms with E-state index in [4.69, 9.17) is 13.9 Å². The first kappa shape index (κ1) is 24.6. The molecule has 0 unspecified atom stereocenters. The number of rotatable bonds is 7. The number of aliphatic hydroxyl groups excluding tert-OH is 4. The van der Waals surface area contributed by atoms with Gasteiger partial charge in [0.2, 0.25) is 5.91 Å². The molecule has 0 saturated carbocycles. The van der Waals surface area contributed by atoms with Gasteiger partial charge in [0.25, 0.3) is 0 Å². The molecule has 1 amide bonds. The highest BCUT2D eigenvalue weighted by Crippen LogP contribution is 2.35. The number of fused-ring (bicyclic) bond motifs is 1. The van der Waals surface area contributed by atoms with Gasteiger partial charge in [-0.25, -0.2) is 9.59 Å². The number of hydrogen-bond acceptors (Lipinski definition) is 10. The molecule has 180 valence electrons. The van der Waals surface area contributed by atoms with E-state index in [0.717, 1.165) is 6.92 Å². The zero-order valence-electron chi connectivity index (χ0n) is 17.8. The molecule has 12 nitrogen and oxygen atoms in total. The van der Waals surface area contributed by atoms with Crippen LogP contribution in [0.1, 0.15) is 18.9 Å². The molecular weight excluding hydrogens is 442 g/mol. The second-order valence-electron chi connectivity index (χ2n) is 7.89. The second kappa shape index (κ2) is 9.45. The molecule has 1 saturated heterocycles. The molecule has 1 fully saturated rings. The number of aliphatic carboxylic acids is 1. The predicted octanol–water partition coefficient (Wildman–Crippen LogP) is -1.37. The summed E-state index contributed by atoms with van der Waals surface area (Å²) in [6.45, 7) is 1.94. The minimum atomic E-state index is -2.55. The normalized spacial score (nSPS) is 27.0. The van der Waals surface area contributed by atoms with E-state index in [0.29, 0.717) is 10.9 Å².